The predicted molar refractivity (Wildman–Crippen MR) is 55.6 cm³/mol. The second-order valence-corrected chi connectivity index (χ2v) is 2.98. The third-order valence-corrected chi connectivity index (χ3v) is 1.60. The molecule has 0 spiro atoms. The van der Waals surface area contributed by atoms with Gasteiger partial charge in [-0.25, -0.2) is 0 Å². The summed E-state index contributed by atoms with van der Waals surface area (Å²) in [5, 5.41) is 8.84. The van der Waals surface area contributed by atoms with E-state index in [0.29, 0.717) is 13.2 Å². The van der Waals surface area contributed by atoms with Crippen LogP contribution in [0.2, 0.25) is 0 Å². The molecule has 1 aromatic carbocycles. The molecule has 14 heavy (non-hydrogen) atoms. The van der Waals surface area contributed by atoms with Crippen molar-refractivity contribution in [3.63, 3.8) is 0 Å². The quantitative estimate of drug-likeness (QED) is 0.579. The average Bonchev–Trinajstić information content (AvgIpc) is 2.18. The van der Waals surface area contributed by atoms with Crippen LogP contribution in [-0.4, -0.2) is 17.8 Å². The monoisotopic (exact) mass is 190 g/mol. The minimum absolute atomic E-state index is 0.361. The van der Waals surface area contributed by atoms with E-state index >= 15 is 0 Å². The summed E-state index contributed by atoms with van der Waals surface area (Å²) >= 11 is 0. The minimum atomic E-state index is -0.574. The van der Waals surface area contributed by atoms with Gasteiger partial charge in [0.25, 0.3) is 0 Å². The van der Waals surface area contributed by atoms with E-state index in [1.807, 2.05) is 30.3 Å². The minimum Gasteiger partial charge on any atom is -0.381 e. The standard InChI is InChI=1S/C12H14O2/c1-11(13)6-5-9-14-10-12-7-3-2-4-8-12/h2-4,7-8,11,13H,9-10H2,1H3/t11-/m1/s1. The molecule has 2 heteroatoms. The highest BCUT2D eigenvalue weighted by atomic mass is 16.5. The molecule has 0 aromatic heterocycles. The van der Waals surface area contributed by atoms with Crippen LogP contribution in [0.4, 0.5) is 0 Å². The summed E-state index contributed by atoms with van der Waals surface area (Å²) in [4.78, 5) is 0. The zero-order chi connectivity index (χ0) is 10.2. The lowest BCUT2D eigenvalue weighted by Crippen LogP contribution is -1.96. The molecule has 0 heterocycles. The Balaban J connectivity index is 2.21. The van der Waals surface area contributed by atoms with Crippen molar-refractivity contribution in [2.45, 2.75) is 19.6 Å². The maximum atomic E-state index is 8.84. The fourth-order valence-electron chi connectivity index (χ4n) is 0.984. The molecule has 0 saturated carbocycles. The van der Waals surface area contributed by atoms with E-state index in [1.54, 1.807) is 6.92 Å². The number of aliphatic hydroxyl groups excluding tert-OH is 1. The molecule has 1 atom stereocenters. The van der Waals surface area contributed by atoms with Crippen molar-refractivity contribution < 1.29 is 9.84 Å². The predicted octanol–water partition coefficient (Wildman–Crippen LogP) is 1.59. The fraction of sp³-hybridized carbons (Fsp3) is 0.333. The van der Waals surface area contributed by atoms with Crippen molar-refractivity contribution in [3.8, 4) is 11.8 Å². The highest BCUT2D eigenvalue weighted by Gasteiger charge is 1.89. The van der Waals surface area contributed by atoms with Gasteiger partial charge in [-0.3, -0.25) is 0 Å². The lowest BCUT2D eigenvalue weighted by atomic mass is 10.2. The SMILES string of the molecule is C[C@@H](O)C#CCOCc1ccccc1. The first kappa shape index (κ1) is 10.8. The van der Waals surface area contributed by atoms with E-state index in [2.05, 4.69) is 11.8 Å². The molecule has 0 aliphatic carbocycles. The highest BCUT2D eigenvalue weighted by Crippen LogP contribution is 1.99. The van der Waals surface area contributed by atoms with Gasteiger partial charge in [-0.05, 0) is 12.5 Å². The first-order valence-electron chi connectivity index (χ1n) is 4.57. The third-order valence-electron chi connectivity index (χ3n) is 1.60. The van der Waals surface area contributed by atoms with Crippen molar-refractivity contribution in [2.75, 3.05) is 6.61 Å². The number of rotatable bonds is 3. The second-order valence-electron chi connectivity index (χ2n) is 2.98. The Morgan fingerprint density at radius 3 is 2.71 bits per heavy atom. The van der Waals surface area contributed by atoms with Gasteiger partial charge in [0.05, 0.1) is 6.61 Å². The number of ether oxygens (including phenoxy) is 1. The fourth-order valence-corrected chi connectivity index (χ4v) is 0.984. The molecule has 1 aromatic rings. The van der Waals surface area contributed by atoms with Crippen LogP contribution in [0.5, 0.6) is 0 Å². The number of aliphatic hydroxyl groups is 1. The molecule has 0 aliphatic heterocycles. The van der Waals surface area contributed by atoms with Crippen LogP contribution in [0, 0.1) is 11.8 Å². The molecule has 0 bridgehead atoms. The molecule has 0 amide bonds. The van der Waals surface area contributed by atoms with Crippen LogP contribution in [0.15, 0.2) is 30.3 Å². The van der Waals surface area contributed by atoms with Crippen LogP contribution in [0.3, 0.4) is 0 Å². The molecule has 0 unspecified atom stereocenters. The Labute approximate surface area is 84.5 Å². The van der Waals surface area contributed by atoms with Gasteiger partial charge in [0, 0.05) is 0 Å². The van der Waals surface area contributed by atoms with E-state index in [9.17, 15) is 0 Å². The van der Waals surface area contributed by atoms with Crippen LogP contribution < -0.4 is 0 Å². The van der Waals surface area contributed by atoms with Crippen LogP contribution >= 0.6 is 0 Å². The lowest BCUT2D eigenvalue weighted by Gasteiger charge is -1.99. The van der Waals surface area contributed by atoms with Crippen molar-refractivity contribution in [1.29, 1.82) is 0 Å². The van der Waals surface area contributed by atoms with Crippen LogP contribution in [-0.2, 0) is 11.3 Å². The van der Waals surface area contributed by atoms with Gasteiger partial charge in [-0.1, -0.05) is 42.2 Å². The summed E-state index contributed by atoms with van der Waals surface area (Å²) in [6, 6.07) is 9.92. The summed E-state index contributed by atoms with van der Waals surface area (Å²) in [7, 11) is 0. The summed E-state index contributed by atoms with van der Waals surface area (Å²) in [5.74, 6) is 5.35. The Bertz CT molecular complexity index is 306. The maximum absolute atomic E-state index is 8.84. The second kappa shape index (κ2) is 6.20. The summed E-state index contributed by atoms with van der Waals surface area (Å²) < 4.78 is 5.29. The molecular weight excluding hydrogens is 176 g/mol. The molecule has 0 fully saturated rings. The van der Waals surface area contributed by atoms with Gasteiger partial charge in [0.2, 0.25) is 0 Å². The van der Waals surface area contributed by atoms with Crippen LogP contribution in [0.25, 0.3) is 0 Å². The topological polar surface area (TPSA) is 29.5 Å². The zero-order valence-electron chi connectivity index (χ0n) is 8.23. The average molecular weight is 190 g/mol. The van der Waals surface area contributed by atoms with E-state index in [1.165, 1.54) is 0 Å². The van der Waals surface area contributed by atoms with Crippen molar-refractivity contribution in [1.82, 2.24) is 0 Å². The van der Waals surface area contributed by atoms with E-state index < -0.39 is 6.10 Å². The molecule has 2 nitrogen and oxygen atoms in total. The lowest BCUT2D eigenvalue weighted by molar-refractivity contribution is 0.153. The normalized spacial score (nSPS) is 11.6. The third kappa shape index (κ3) is 4.66. The van der Waals surface area contributed by atoms with Gasteiger partial charge in [-0.15, -0.1) is 0 Å². The van der Waals surface area contributed by atoms with E-state index in [-0.39, 0.29) is 0 Å². The van der Waals surface area contributed by atoms with Gasteiger partial charge >= 0.3 is 0 Å². The van der Waals surface area contributed by atoms with Crippen molar-refractivity contribution in [2.24, 2.45) is 0 Å². The molecule has 74 valence electrons. The number of hydrogen-bond donors (Lipinski definition) is 1. The maximum Gasteiger partial charge on any atom is 0.112 e. The zero-order valence-corrected chi connectivity index (χ0v) is 8.23. The molecule has 1 N–H and O–H groups in total. The van der Waals surface area contributed by atoms with Gasteiger partial charge < -0.3 is 9.84 Å². The number of benzene rings is 1. The Morgan fingerprint density at radius 2 is 2.07 bits per heavy atom. The molecule has 0 aliphatic rings. The van der Waals surface area contributed by atoms with Gasteiger partial charge in [0.15, 0.2) is 0 Å². The number of hydrogen-bond acceptors (Lipinski definition) is 2. The van der Waals surface area contributed by atoms with E-state index in [4.69, 9.17) is 9.84 Å². The molecule has 1 rings (SSSR count). The first-order valence-corrected chi connectivity index (χ1v) is 4.57. The summed E-state index contributed by atoms with van der Waals surface area (Å²) in [5.41, 5.74) is 1.13. The summed E-state index contributed by atoms with van der Waals surface area (Å²) in [6.07, 6.45) is -0.574. The molecule has 0 saturated heterocycles. The Kier molecular flexibility index (Phi) is 4.77. The molecular formula is C12H14O2. The molecule has 0 radical (unpaired) electrons. The van der Waals surface area contributed by atoms with E-state index in [0.717, 1.165) is 5.56 Å². The van der Waals surface area contributed by atoms with Crippen molar-refractivity contribution in [3.05, 3.63) is 35.9 Å². The van der Waals surface area contributed by atoms with Gasteiger partial charge in [-0.2, -0.15) is 0 Å². The van der Waals surface area contributed by atoms with Crippen LogP contribution in [0.1, 0.15) is 12.5 Å². The smallest absolute Gasteiger partial charge is 0.112 e. The Hall–Kier alpha value is -1.30. The highest BCUT2D eigenvalue weighted by molar-refractivity contribution is 5.13. The van der Waals surface area contributed by atoms with Gasteiger partial charge in [0.1, 0.15) is 12.7 Å². The first-order chi connectivity index (χ1) is 6.79. The Morgan fingerprint density at radius 1 is 1.36 bits per heavy atom. The summed E-state index contributed by atoms with van der Waals surface area (Å²) in [6.45, 7) is 2.55. The largest absolute Gasteiger partial charge is 0.381 e. The van der Waals surface area contributed by atoms with Crippen molar-refractivity contribution >= 4 is 0 Å².